The summed E-state index contributed by atoms with van der Waals surface area (Å²) < 4.78 is 6.11. The van der Waals surface area contributed by atoms with Gasteiger partial charge in [-0.1, -0.05) is 170 Å². The number of aromatic nitrogens is 3. The van der Waals surface area contributed by atoms with E-state index in [0.717, 1.165) is 89.5 Å². The maximum Gasteiger partial charge on any atom is 0.227 e. The molecule has 5 heteroatoms. The molecule has 2 aromatic heterocycles. The molecule has 0 radical (unpaired) electrons. The van der Waals surface area contributed by atoms with Gasteiger partial charge >= 0.3 is 0 Å². The van der Waals surface area contributed by atoms with E-state index in [1.165, 1.54) is 21.5 Å². The lowest BCUT2D eigenvalue weighted by Crippen LogP contribution is -2.09. The largest absolute Gasteiger partial charge is 0.436 e. The highest BCUT2D eigenvalue weighted by atomic mass is 16.3. The van der Waals surface area contributed by atoms with E-state index in [1.54, 1.807) is 0 Å². The van der Waals surface area contributed by atoms with Gasteiger partial charge in [-0.2, -0.15) is 0 Å². The molecule has 5 nitrogen and oxygen atoms in total. The molecule has 0 saturated carbocycles. The van der Waals surface area contributed by atoms with Crippen molar-refractivity contribution < 1.29 is 4.42 Å². The van der Waals surface area contributed by atoms with Crippen LogP contribution in [-0.2, 0) is 0 Å². The fraction of sp³-hybridized carbons (Fsp3) is 0. The van der Waals surface area contributed by atoms with Crippen molar-refractivity contribution in [1.82, 2.24) is 15.0 Å². The SMILES string of the molecule is c1ccc(-c2nc3c(-c4cccc5ccccc45)ccc(-c4cccc5ccccc45)c3nc2-c2ccc(N(c3ccccc3)c3ccc(-c4nc5ccccc5o4)cc3)cc2)cc1. The number of rotatable bonds is 8. The van der Waals surface area contributed by atoms with Gasteiger partial charge in [-0.05, 0) is 93.3 Å². The Bertz CT molecular complexity index is 3610. The third-order valence-electron chi connectivity index (χ3n) is 12.1. The third-order valence-corrected chi connectivity index (χ3v) is 12.1. The van der Waals surface area contributed by atoms with Gasteiger partial charge in [0.25, 0.3) is 0 Å². The number of nitrogens with zero attached hydrogens (tertiary/aromatic N) is 4. The Morgan fingerprint density at radius 1 is 0.312 bits per heavy atom. The summed E-state index contributed by atoms with van der Waals surface area (Å²) in [6.45, 7) is 0. The van der Waals surface area contributed by atoms with E-state index in [2.05, 4.69) is 199 Å². The van der Waals surface area contributed by atoms with Gasteiger partial charge in [0, 0.05) is 44.9 Å². The standard InChI is InChI=1S/C59H38N4O/c1-3-17-41(18-4-1)55-56(42-29-33-45(34-30-42)63(44-21-5-2-6-22-44)46-35-31-43(32-36-46)59-60-53-27-11-12-28-54(53)64-59)62-58-52(50-26-14-20-40-16-8-10-24-48(40)50)38-37-51(57(58)61-55)49-25-13-19-39-15-7-9-23-47(39)49/h1-38H. The molecule has 64 heavy (non-hydrogen) atoms. The van der Waals surface area contributed by atoms with Crippen LogP contribution >= 0.6 is 0 Å². The number of hydrogen-bond donors (Lipinski definition) is 0. The molecule has 0 bridgehead atoms. The molecule has 0 fully saturated rings. The lowest BCUT2D eigenvalue weighted by atomic mass is 9.91. The van der Waals surface area contributed by atoms with Crippen molar-refractivity contribution in [2.45, 2.75) is 0 Å². The van der Waals surface area contributed by atoms with Crippen LogP contribution in [0.3, 0.4) is 0 Å². The summed E-state index contributed by atoms with van der Waals surface area (Å²) in [4.78, 5) is 18.4. The maximum absolute atomic E-state index is 6.11. The summed E-state index contributed by atoms with van der Waals surface area (Å²) in [5, 5.41) is 4.71. The predicted molar refractivity (Wildman–Crippen MR) is 264 cm³/mol. The van der Waals surface area contributed by atoms with E-state index in [0.29, 0.717) is 5.89 Å². The number of anilines is 3. The number of oxazole rings is 1. The van der Waals surface area contributed by atoms with Crippen molar-refractivity contribution in [1.29, 1.82) is 0 Å². The molecule has 2 heterocycles. The molecule has 0 aliphatic heterocycles. The average molecular weight is 819 g/mol. The van der Waals surface area contributed by atoms with Crippen LogP contribution in [-0.4, -0.2) is 15.0 Å². The summed E-state index contributed by atoms with van der Waals surface area (Å²) in [5.74, 6) is 0.599. The fourth-order valence-electron chi connectivity index (χ4n) is 9.03. The second-order valence-corrected chi connectivity index (χ2v) is 15.9. The van der Waals surface area contributed by atoms with Crippen LogP contribution < -0.4 is 4.90 Å². The van der Waals surface area contributed by atoms with Crippen molar-refractivity contribution >= 4 is 60.7 Å². The maximum atomic E-state index is 6.11. The van der Waals surface area contributed by atoms with E-state index < -0.39 is 0 Å². The van der Waals surface area contributed by atoms with Gasteiger partial charge in [0.2, 0.25) is 5.89 Å². The van der Waals surface area contributed by atoms with E-state index >= 15 is 0 Å². The Kier molecular flexibility index (Phi) is 9.08. The molecular weight excluding hydrogens is 781 g/mol. The minimum absolute atomic E-state index is 0.599. The first-order chi connectivity index (χ1) is 31.7. The fourth-order valence-corrected chi connectivity index (χ4v) is 9.03. The molecular formula is C59H38N4O. The van der Waals surface area contributed by atoms with Gasteiger partial charge in [-0.25, -0.2) is 15.0 Å². The quantitative estimate of drug-likeness (QED) is 0.153. The molecule has 0 aliphatic carbocycles. The molecule has 300 valence electrons. The summed E-state index contributed by atoms with van der Waals surface area (Å²) in [5.41, 5.74) is 15.2. The third kappa shape index (κ3) is 6.55. The molecule has 10 aromatic carbocycles. The van der Waals surface area contributed by atoms with E-state index in [9.17, 15) is 0 Å². The smallest absolute Gasteiger partial charge is 0.227 e. The number of fused-ring (bicyclic) bond motifs is 4. The van der Waals surface area contributed by atoms with E-state index in [-0.39, 0.29) is 0 Å². The highest BCUT2D eigenvalue weighted by Crippen LogP contribution is 2.43. The van der Waals surface area contributed by atoms with E-state index in [4.69, 9.17) is 19.4 Å². The predicted octanol–water partition coefficient (Wildman–Crippen LogP) is 15.9. The molecule has 12 rings (SSSR count). The minimum atomic E-state index is 0.599. The number of benzene rings is 10. The molecule has 0 saturated heterocycles. The summed E-state index contributed by atoms with van der Waals surface area (Å²) in [7, 11) is 0. The van der Waals surface area contributed by atoms with Gasteiger partial charge in [0.15, 0.2) is 5.58 Å². The van der Waals surface area contributed by atoms with Crippen molar-refractivity contribution in [3.05, 3.63) is 231 Å². The lowest BCUT2D eigenvalue weighted by molar-refractivity contribution is 0.620. The molecule has 0 spiro atoms. The summed E-state index contributed by atoms with van der Waals surface area (Å²) in [6.07, 6.45) is 0. The average Bonchev–Trinajstić information content (AvgIpc) is 3.81. The highest BCUT2D eigenvalue weighted by Gasteiger charge is 2.22. The van der Waals surface area contributed by atoms with Gasteiger partial charge in [0.1, 0.15) is 5.52 Å². The van der Waals surface area contributed by atoms with E-state index in [1.807, 2.05) is 36.4 Å². The molecule has 0 aliphatic rings. The summed E-state index contributed by atoms with van der Waals surface area (Å²) >= 11 is 0. The molecule has 0 unspecified atom stereocenters. The van der Waals surface area contributed by atoms with Crippen molar-refractivity contribution in [2.24, 2.45) is 0 Å². The van der Waals surface area contributed by atoms with Crippen LogP contribution in [0, 0.1) is 0 Å². The first kappa shape index (κ1) is 37.1. The van der Waals surface area contributed by atoms with Gasteiger partial charge in [-0.15, -0.1) is 0 Å². The zero-order valence-electron chi connectivity index (χ0n) is 34.6. The Morgan fingerprint density at radius 2 is 0.766 bits per heavy atom. The highest BCUT2D eigenvalue weighted by molar-refractivity contribution is 6.11. The number of para-hydroxylation sites is 3. The Morgan fingerprint density at radius 3 is 1.34 bits per heavy atom. The van der Waals surface area contributed by atoms with Crippen LogP contribution in [0.25, 0.3) is 99.9 Å². The van der Waals surface area contributed by atoms with Gasteiger partial charge < -0.3 is 9.32 Å². The van der Waals surface area contributed by atoms with Crippen molar-refractivity contribution in [2.75, 3.05) is 4.90 Å². The minimum Gasteiger partial charge on any atom is -0.436 e. The van der Waals surface area contributed by atoms with Crippen LogP contribution in [0.5, 0.6) is 0 Å². The molecule has 0 N–H and O–H groups in total. The van der Waals surface area contributed by atoms with Crippen LogP contribution in [0.1, 0.15) is 0 Å². The first-order valence-corrected chi connectivity index (χ1v) is 21.5. The van der Waals surface area contributed by atoms with Gasteiger partial charge in [-0.3, -0.25) is 0 Å². The Hall–Kier alpha value is -8.67. The number of hydrogen-bond acceptors (Lipinski definition) is 5. The Labute approximate surface area is 370 Å². The summed E-state index contributed by atoms with van der Waals surface area (Å²) in [6, 6.07) is 80.4. The molecule has 12 aromatic rings. The van der Waals surface area contributed by atoms with Crippen LogP contribution in [0.15, 0.2) is 235 Å². The molecule has 0 amide bonds. The monoisotopic (exact) mass is 818 g/mol. The van der Waals surface area contributed by atoms with Gasteiger partial charge in [0.05, 0.1) is 22.4 Å². The van der Waals surface area contributed by atoms with Crippen LogP contribution in [0.4, 0.5) is 17.1 Å². The van der Waals surface area contributed by atoms with Crippen LogP contribution in [0.2, 0.25) is 0 Å². The normalized spacial score (nSPS) is 11.4. The van der Waals surface area contributed by atoms with Crippen molar-refractivity contribution in [3.63, 3.8) is 0 Å². The second-order valence-electron chi connectivity index (χ2n) is 15.9. The topological polar surface area (TPSA) is 55.1 Å². The Balaban J connectivity index is 1.04. The zero-order valence-corrected chi connectivity index (χ0v) is 34.6. The van der Waals surface area contributed by atoms with Crippen molar-refractivity contribution in [3.8, 4) is 56.2 Å². The first-order valence-electron chi connectivity index (χ1n) is 21.5. The lowest BCUT2D eigenvalue weighted by Gasteiger charge is -2.26. The second kappa shape index (κ2) is 15.7. The molecule has 0 atom stereocenters. The zero-order chi connectivity index (χ0) is 42.4.